The van der Waals surface area contributed by atoms with Crippen LogP contribution >= 0.6 is 0 Å². The standard InChI is InChI=1S/C19H28N4O2/c1-13(11-23-15(3)9-14(2)21-23)10-20-19(24)22(17-6-7-17)12-18-8-5-16(4)25-18/h5,8-9,13,17H,6-7,10-12H2,1-4H3,(H,20,24)/t13-/m0/s1. The van der Waals surface area contributed by atoms with Crippen molar-refractivity contribution in [1.82, 2.24) is 20.0 Å². The molecule has 0 bridgehead atoms. The summed E-state index contributed by atoms with van der Waals surface area (Å²) < 4.78 is 7.64. The fraction of sp³-hybridized carbons (Fsp3) is 0.579. The molecule has 1 aliphatic carbocycles. The molecule has 0 radical (unpaired) electrons. The van der Waals surface area contributed by atoms with Crippen molar-refractivity contribution in [2.45, 2.75) is 59.7 Å². The van der Waals surface area contributed by atoms with E-state index in [0.29, 0.717) is 25.0 Å². The van der Waals surface area contributed by atoms with Crippen LogP contribution in [0.3, 0.4) is 0 Å². The van der Waals surface area contributed by atoms with Gasteiger partial charge in [0.1, 0.15) is 11.5 Å². The summed E-state index contributed by atoms with van der Waals surface area (Å²) in [6.45, 7) is 10.1. The van der Waals surface area contributed by atoms with Crippen LogP contribution in [0.1, 0.15) is 42.7 Å². The first kappa shape index (κ1) is 17.6. The van der Waals surface area contributed by atoms with Gasteiger partial charge in [0.15, 0.2) is 0 Å². The first-order chi connectivity index (χ1) is 11.9. The Kier molecular flexibility index (Phi) is 5.16. The number of aryl methyl sites for hydroxylation is 3. The second-order valence-electron chi connectivity index (χ2n) is 7.27. The molecule has 1 saturated carbocycles. The quantitative estimate of drug-likeness (QED) is 0.837. The number of aromatic nitrogens is 2. The van der Waals surface area contributed by atoms with Crippen LogP contribution in [0, 0.1) is 26.7 Å². The van der Waals surface area contributed by atoms with Crippen molar-refractivity contribution in [2.75, 3.05) is 6.54 Å². The Balaban J connectivity index is 1.52. The van der Waals surface area contributed by atoms with Crippen LogP contribution in [-0.2, 0) is 13.1 Å². The zero-order valence-corrected chi connectivity index (χ0v) is 15.6. The second kappa shape index (κ2) is 7.33. The van der Waals surface area contributed by atoms with E-state index in [-0.39, 0.29) is 6.03 Å². The van der Waals surface area contributed by atoms with Crippen LogP contribution < -0.4 is 5.32 Å². The van der Waals surface area contributed by atoms with E-state index in [2.05, 4.69) is 30.3 Å². The van der Waals surface area contributed by atoms with Gasteiger partial charge in [-0.3, -0.25) is 4.68 Å². The minimum atomic E-state index is -0.00299. The molecular formula is C19H28N4O2. The van der Waals surface area contributed by atoms with Gasteiger partial charge in [-0.15, -0.1) is 0 Å². The minimum Gasteiger partial charge on any atom is -0.464 e. The van der Waals surface area contributed by atoms with Gasteiger partial charge >= 0.3 is 6.03 Å². The summed E-state index contributed by atoms with van der Waals surface area (Å²) in [6, 6.07) is 6.30. The lowest BCUT2D eigenvalue weighted by Crippen LogP contribution is -2.42. The van der Waals surface area contributed by atoms with E-state index in [1.807, 2.05) is 35.6 Å². The fourth-order valence-corrected chi connectivity index (χ4v) is 3.07. The molecule has 0 spiro atoms. The maximum atomic E-state index is 12.6. The molecule has 2 amide bonds. The van der Waals surface area contributed by atoms with E-state index < -0.39 is 0 Å². The van der Waals surface area contributed by atoms with Crippen molar-refractivity contribution < 1.29 is 9.21 Å². The van der Waals surface area contributed by atoms with Gasteiger partial charge in [-0.25, -0.2) is 4.79 Å². The Morgan fingerprint density at radius 2 is 2.16 bits per heavy atom. The highest BCUT2D eigenvalue weighted by atomic mass is 16.3. The Morgan fingerprint density at radius 3 is 2.72 bits per heavy atom. The third-order valence-electron chi connectivity index (χ3n) is 4.56. The molecule has 3 rings (SSSR count). The van der Waals surface area contributed by atoms with Crippen LogP contribution in [0.25, 0.3) is 0 Å². The number of carbonyl (C=O) groups is 1. The van der Waals surface area contributed by atoms with E-state index in [0.717, 1.165) is 42.3 Å². The average molecular weight is 344 g/mol. The number of furan rings is 1. The van der Waals surface area contributed by atoms with Crippen molar-refractivity contribution in [2.24, 2.45) is 5.92 Å². The average Bonchev–Trinajstić information content (AvgIpc) is 3.24. The minimum absolute atomic E-state index is 0.00299. The predicted octanol–water partition coefficient (Wildman–Crippen LogP) is 3.41. The number of hydrogen-bond donors (Lipinski definition) is 1. The van der Waals surface area contributed by atoms with Gasteiger partial charge in [-0.2, -0.15) is 5.10 Å². The van der Waals surface area contributed by atoms with Crippen molar-refractivity contribution >= 4 is 6.03 Å². The molecule has 1 N–H and O–H groups in total. The highest BCUT2D eigenvalue weighted by Crippen LogP contribution is 2.28. The molecule has 2 heterocycles. The molecule has 25 heavy (non-hydrogen) atoms. The Hall–Kier alpha value is -2.24. The molecule has 2 aromatic rings. The van der Waals surface area contributed by atoms with Crippen molar-refractivity contribution in [3.63, 3.8) is 0 Å². The number of carbonyl (C=O) groups excluding carboxylic acids is 1. The smallest absolute Gasteiger partial charge is 0.318 e. The maximum Gasteiger partial charge on any atom is 0.318 e. The van der Waals surface area contributed by atoms with Crippen LogP contribution in [0.4, 0.5) is 4.79 Å². The van der Waals surface area contributed by atoms with E-state index in [9.17, 15) is 4.79 Å². The highest BCUT2D eigenvalue weighted by molar-refractivity contribution is 5.74. The lowest BCUT2D eigenvalue weighted by molar-refractivity contribution is 0.184. The molecule has 0 unspecified atom stereocenters. The number of nitrogens with zero attached hydrogens (tertiary/aromatic N) is 3. The summed E-state index contributed by atoms with van der Waals surface area (Å²) in [5.41, 5.74) is 2.19. The van der Waals surface area contributed by atoms with E-state index in [1.165, 1.54) is 0 Å². The molecule has 1 fully saturated rings. The summed E-state index contributed by atoms with van der Waals surface area (Å²) >= 11 is 0. The second-order valence-corrected chi connectivity index (χ2v) is 7.27. The maximum absolute atomic E-state index is 12.6. The predicted molar refractivity (Wildman–Crippen MR) is 96.3 cm³/mol. The molecule has 6 nitrogen and oxygen atoms in total. The van der Waals surface area contributed by atoms with Gasteiger partial charge in [-0.05, 0) is 57.7 Å². The highest BCUT2D eigenvalue weighted by Gasteiger charge is 2.33. The number of rotatable bonds is 7. The molecule has 0 aromatic carbocycles. The zero-order chi connectivity index (χ0) is 18.0. The van der Waals surface area contributed by atoms with Gasteiger partial charge in [-0.1, -0.05) is 6.92 Å². The number of amides is 2. The summed E-state index contributed by atoms with van der Waals surface area (Å²) in [4.78, 5) is 14.5. The molecule has 1 aliphatic rings. The third-order valence-corrected chi connectivity index (χ3v) is 4.56. The molecule has 6 heteroatoms. The largest absolute Gasteiger partial charge is 0.464 e. The van der Waals surface area contributed by atoms with Gasteiger partial charge in [0.2, 0.25) is 0 Å². The number of hydrogen-bond acceptors (Lipinski definition) is 3. The van der Waals surface area contributed by atoms with Gasteiger partial charge in [0, 0.05) is 24.8 Å². The van der Waals surface area contributed by atoms with E-state index >= 15 is 0 Å². The van der Waals surface area contributed by atoms with Crippen LogP contribution in [0.2, 0.25) is 0 Å². The summed E-state index contributed by atoms with van der Waals surface area (Å²) in [6.07, 6.45) is 2.16. The number of urea groups is 1. The summed E-state index contributed by atoms with van der Waals surface area (Å²) in [5, 5.41) is 7.57. The van der Waals surface area contributed by atoms with Crippen molar-refractivity contribution in [1.29, 1.82) is 0 Å². The van der Waals surface area contributed by atoms with Crippen LogP contribution in [0.15, 0.2) is 22.6 Å². The zero-order valence-electron chi connectivity index (χ0n) is 15.6. The summed E-state index contributed by atoms with van der Waals surface area (Å²) in [5.74, 6) is 2.04. The lowest BCUT2D eigenvalue weighted by atomic mass is 10.2. The molecular weight excluding hydrogens is 316 g/mol. The van der Waals surface area contributed by atoms with Gasteiger partial charge in [0.05, 0.1) is 12.2 Å². The number of nitrogens with one attached hydrogen (secondary N) is 1. The fourth-order valence-electron chi connectivity index (χ4n) is 3.07. The van der Waals surface area contributed by atoms with Crippen molar-refractivity contribution in [3.8, 4) is 0 Å². The molecule has 136 valence electrons. The first-order valence-corrected chi connectivity index (χ1v) is 9.03. The topological polar surface area (TPSA) is 63.3 Å². The molecule has 0 saturated heterocycles. The lowest BCUT2D eigenvalue weighted by Gasteiger charge is -2.23. The molecule has 0 aliphatic heterocycles. The van der Waals surface area contributed by atoms with E-state index in [4.69, 9.17) is 4.42 Å². The van der Waals surface area contributed by atoms with Crippen molar-refractivity contribution in [3.05, 3.63) is 41.1 Å². The van der Waals surface area contributed by atoms with Gasteiger partial charge in [0.25, 0.3) is 0 Å². The van der Waals surface area contributed by atoms with Crippen LogP contribution in [-0.4, -0.2) is 33.3 Å². The third kappa shape index (κ3) is 4.65. The Bertz CT molecular complexity index is 730. The molecule has 1 atom stereocenters. The van der Waals surface area contributed by atoms with E-state index in [1.54, 1.807) is 0 Å². The summed E-state index contributed by atoms with van der Waals surface area (Å²) in [7, 11) is 0. The Morgan fingerprint density at radius 1 is 1.40 bits per heavy atom. The van der Waals surface area contributed by atoms with Crippen LogP contribution in [0.5, 0.6) is 0 Å². The van der Waals surface area contributed by atoms with Gasteiger partial charge < -0.3 is 14.6 Å². The normalized spacial score (nSPS) is 15.2. The SMILES string of the molecule is Cc1cc(C)n(C[C@@H](C)CNC(=O)N(Cc2ccc(C)o2)C2CC2)n1. The first-order valence-electron chi connectivity index (χ1n) is 9.03. The molecule has 2 aromatic heterocycles. The monoisotopic (exact) mass is 344 g/mol. The Labute approximate surface area is 149 Å².